The van der Waals surface area contributed by atoms with Crippen molar-refractivity contribution in [2.24, 2.45) is 5.92 Å². The van der Waals surface area contributed by atoms with Crippen molar-refractivity contribution in [3.63, 3.8) is 0 Å². The molecule has 3 rings (SSSR count). The van der Waals surface area contributed by atoms with Gasteiger partial charge in [-0.3, -0.25) is 9.69 Å². The number of thiophene rings is 1. The van der Waals surface area contributed by atoms with E-state index in [0.29, 0.717) is 5.92 Å². The van der Waals surface area contributed by atoms with Crippen LogP contribution in [0.4, 0.5) is 0 Å². The van der Waals surface area contributed by atoms with Gasteiger partial charge in [0, 0.05) is 38.2 Å². The molecule has 0 aromatic carbocycles. The molecule has 6 heteroatoms. The van der Waals surface area contributed by atoms with Crippen molar-refractivity contribution in [2.75, 3.05) is 33.4 Å². The lowest BCUT2D eigenvalue weighted by atomic mass is 9.85. The normalized spacial score (nSPS) is 29.0. The van der Waals surface area contributed by atoms with Crippen LogP contribution in [0.1, 0.15) is 17.7 Å². The second-order valence-electron chi connectivity index (χ2n) is 6.12. The largest absolute Gasteiger partial charge is 0.376 e. The zero-order chi connectivity index (χ0) is 15.4. The fraction of sp³-hybridized carbons (Fsp3) is 0.688. The molecule has 0 saturated carbocycles. The number of likely N-dealkylation sites (tertiary alicyclic amines) is 1. The van der Waals surface area contributed by atoms with E-state index in [0.717, 1.165) is 32.7 Å². The summed E-state index contributed by atoms with van der Waals surface area (Å²) in [6.45, 7) is 3.77. The first kappa shape index (κ1) is 15.9. The molecule has 2 saturated heterocycles. The molecule has 1 N–H and O–H groups in total. The fourth-order valence-electron chi connectivity index (χ4n) is 3.55. The lowest BCUT2D eigenvalue weighted by Gasteiger charge is -2.46. The highest BCUT2D eigenvalue weighted by molar-refractivity contribution is 7.09. The maximum atomic E-state index is 11.9. The van der Waals surface area contributed by atoms with Crippen molar-refractivity contribution in [2.45, 2.75) is 31.5 Å². The Bertz CT molecular complexity index is 480. The molecule has 2 aliphatic rings. The summed E-state index contributed by atoms with van der Waals surface area (Å²) in [6, 6.07) is 4.32. The highest BCUT2D eigenvalue weighted by atomic mass is 32.1. The molecule has 1 aromatic heterocycles. The molecule has 2 aliphatic heterocycles. The number of amides is 1. The molecule has 0 aliphatic carbocycles. The number of nitrogens with one attached hydrogen (secondary N) is 1. The monoisotopic (exact) mass is 324 g/mol. The summed E-state index contributed by atoms with van der Waals surface area (Å²) in [6.07, 6.45) is 2.45. The minimum Gasteiger partial charge on any atom is -0.376 e. The summed E-state index contributed by atoms with van der Waals surface area (Å²) in [5.74, 6) is 0.453. The number of nitrogens with zero attached hydrogens (tertiary/aromatic N) is 1. The summed E-state index contributed by atoms with van der Waals surface area (Å²) in [4.78, 5) is 15.7. The molecule has 3 heterocycles. The van der Waals surface area contributed by atoms with Crippen molar-refractivity contribution >= 4 is 17.2 Å². The predicted octanol–water partition coefficient (Wildman–Crippen LogP) is 1.49. The van der Waals surface area contributed by atoms with Gasteiger partial charge in [-0.05, 0) is 30.2 Å². The Morgan fingerprint density at radius 1 is 1.55 bits per heavy atom. The van der Waals surface area contributed by atoms with E-state index in [1.807, 2.05) is 0 Å². The summed E-state index contributed by atoms with van der Waals surface area (Å²) in [7, 11) is 1.55. The molecule has 2 fully saturated rings. The Morgan fingerprint density at radius 3 is 3.23 bits per heavy atom. The van der Waals surface area contributed by atoms with Crippen molar-refractivity contribution in [3.8, 4) is 0 Å². The Labute approximate surface area is 135 Å². The van der Waals surface area contributed by atoms with E-state index in [9.17, 15) is 4.79 Å². The highest BCUT2D eigenvalue weighted by Crippen LogP contribution is 2.29. The number of fused-ring (bicyclic) bond motifs is 1. The van der Waals surface area contributed by atoms with Crippen molar-refractivity contribution < 1.29 is 14.3 Å². The minimum atomic E-state index is -0.0570. The second kappa shape index (κ2) is 7.55. The van der Waals surface area contributed by atoms with E-state index < -0.39 is 0 Å². The molecular formula is C16H24N2O3S. The van der Waals surface area contributed by atoms with E-state index >= 15 is 0 Å². The maximum Gasteiger partial charge on any atom is 0.246 e. The molecule has 0 radical (unpaired) electrons. The molecule has 0 unspecified atom stereocenters. The molecule has 1 amide bonds. The van der Waals surface area contributed by atoms with Crippen LogP contribution < -0.4 is 5.32 Å². The maximum absolute atomic E-state index is 11.9. The smallest absolute Gasteiger partial charge is 0.246 e. The number of rotatable bonds is 5. The molecule has 1 aromatic rings. The van der Waals surface area contributed by atoms with Gasteiger partial charge in [0.2, 0.25) is 5.91 Å². The van der Waals surface area contributed by atoms with E-state index in [4.69, 9.17) is 9.47 Å². The third-order valence-corrected chi connectivity index (χ3v) is 5.28. The Hall–Kier alpha value is -0.950. The molecule has 22 heavy (non-hydrogen) atoms. The Balaban J connectivity index is 1.66. The first-order chi connectivity index (χ1) is 10.8. The number of piperidine rings is 1. The first-order valence-electron chi connectivity index (χ1n) is 7.91. The van der Waals surface area contributed by atoms with Crippen LogP contribution in [-0.2, 0) is 20.8 Å². The molecular weight excluding hydrogens is 300 g/mol. The van der Waals surface area contributed by atoms with Crippen LogP contribution in [0, 0.1) is 5.92 Å². The minimum absolute atomic E-state index is 0.0570. The van der Waals surface area contributed by atoms with Gasteiger partial charge in [-0.1, -0.05) is 6.07 Å². The second-order valence-corrected chi connectivity index (χ2v) is 7.15. The van der Waals surface area contributed by atoms with Crippen molar-refractivity contribution in [1.82, 2.24) is 10.2 Å². The van der Waals surface area contributed by atoms with E-state index in [1.165, 1.54) is 11.3 Å². The number of hydrogen-bond donors (Lipinski definition) is 1. The average Bonchev–Trinajstić information content (AvgIpc) is 3.00. The number of ether oxygens (including phenoxy) is 2. The molecule has 0 bridgehead atoms. The van der Waals surface area contributed by atoms with Crippen LogP contribution in [0.15, 0.2) is 17.5 Å². The van der Waals surface area contributed by atoms with Crippen LogP contribution in [0.5, 0.6) is 0 Å². The highest BCUT2D eigenvalue weighted by Gasteiger charge is 2.39. The van der Waals surface area contributed by atoms with Gasteiger partial charge < -0.3 is 14.8 Å². The quantitative estimate of drug-likeness (QED) is 0.892. The zero-order valence-electron chi connectivity index (χ0n) is 13.0. The van der Waals surface area contributed by atoms with E-state index in [-0.39, 0.29) is 24.7 Å². The van der Waals surface area contributed by atoms with Gasteiger partial charge in [0.15, 0.2) is 0 Å². The van der Waals surface area contributed by atoms with Crippen LogP contribution in [0.2, 0.25) is 0 Å². The summed E-state index contributed by atoms with van der Waals surface area (Å²) in [5.41, 5.74) is 0. The van der Waals surface area contributed by atoms with Crippen molar-refractivity contribution in [3.05, 3.63) is 22.4 Å². The summed E-state index contributed by atoms with van der Waals surface area (Å²) in [5, 5.41) is 5.22. The molecule has 122 valence electrons. The SMILES string of the molecule is COCC(=O)N[C@@H]1CN(Cc2cccs2)C[C@@H]2CCCO[C@@H]21. The third-order valence-electron chi connectivity index (χ3n) is 4.42. The van der Waals surface area contributed by atoms with Crippen LogP contribution in [0.25, 0.3) is 0 Å². The van der Waals surface area contributed by atoms with Crippen molar-refractivity contribution in [1.29, 1.82) is 0 Å². The Morgan fingerprint density at radius 2 is 2.45 bits per heavy atom. The zero-order valence-corrected chi connectivity index (χ0v) is 13.8. The molecule has 3 atom stereocenters. The number of methoxy groups -OCH3 is 1. The summed E-state index contributed by atoms with van der Waals surface area (Å²) >= 11 is 1.79. The number of hydrogen-bond acceptors (Lipinski definition) is 5. The van der Waals surface area contributed by atoms with E-state index in [1.54, 1.807) is 18.4 Å². The van der Waals surface area contributed by atoms with Gasteiger partial charge in [-0.2, -0.15) is 0 Å². The van der Waals surface area contributed by atoms with Crippen LogP contribution >= 0.6 is 11.3 Å². The van der Waals surface area contributed by atoms with Gasteiger partial charge in [-0.15, -0.1) is 11.3 Å². The fourth-order valence-corrected chi connectivity index (χ4v) is 4.30. The average molecular weight is 324 g/mol. The standard InChI is InChI=1S/C16H24N2O3S/c1-20-11-15(19)17-14-10-18(9-13-5-3-7-22-13)8-12-4-2-6-21-16(12)14/h3,5,7,12,14,16H,2,4,6,8-11H2,1H3,(H,17,19)/t12-,14+,16-/m0/s1. The van der Waals surface area contributed by atoms with Gasteiger partial charge in [0.25, 0.3) is 0 Å². The molecule has 0 spiro atoms. The van der Waals surface area contributed by atoms with Crippen LogP contribution in [-0.4, -0.2) is 56.4 Å². The number of carbonyl (C=O) groups excluding carboxylic acids is 1. The van der Waals surface area contributed by atoms with Gasteiger partial charge in [-0.25, -0.2) is 0 Å². The predicted molar refractivity (Wildman–Crippen MR) is 85.9 cm³/mol. The van der Waals surface area contributed by atoms with Gasteiger partial charge in [0.1, 0.15) is 6.61 Å². The lowest BCUT2D eigenvalue weighted by molar-refractivity contribution is -0.131. The number of carbonyl (C=O) groups is 1. The van der Waals surface area contributed by atoms with E-state index in [2.05, 4.69) is 27.7 Å². The van der Waals surface area contributed by atoms with Gasteiger partial charge in [0.05, 0.1) is 12.1 Å². The van der Waals surface area contributed by atoms with Gasteiger partial charge >= 0.3 is 0 Å². The third kappa shape index (κ3) is 3.87. The molecule has 5 nitrogen and oxygen atoms in total. The summed E-state index contributed by atoms with van der Waals surface area (Å²) < 4.78 is 10.9. The Kier molecular flexibility index (Phi) is 5.46. The first-order valence-corrected chi connectivity index (χ1v) is 8.79. The van der Waals surface area contributed by atoms with Crippen LogP contribution in [0.3, 0.4) is 0 Å². The lowest BCUT2D eigenvalue weighted by Crippen LogP contribution is -2.61. The topological polar surface area (TPSA) is 50.8 Å².